The minimum Gasteiger partial charge on any atom is -0.458 e. The van der Waals surface area contributed by atoms with Gasteiger partial charge >= 0.3 is 11.9 Å². The standard InChI is InChI=1S/C15H27NO6/c1-7-8(2)14(21-11(5)19)15(22-12(6)20)13(9(3)17)16-10(4)18/h8-9,13-15,17H,7H2,1-6H3,(H,16,18)/t8?,9?,13-,14?,15?/m0/s1. The number of carbonyl (C=O) groups is 3. The van der Waals surface area contributed by atoms with Crippen LogP contribution in [0.1, 0.15) is 48.0 Å². The maximum atomic E-state index is 11.4. The van der Waals surface area contributed by atoms with Gasteiger partial charge in [-0.2, -0.15) is 0 Å². The summed E-state index contributed by atoms with van der Waals surface area (Å²) < 4.78 is 10.6. The number of aliphatic hydroxyl groups excluding tert-OH is 1. The Kier molecular flexibility index (Phi) is 8.70. The van der Waals surface area contributed by atoms with Crippen LogP contribution in [0, 0.1) is 5.92 Å². The van der Waals surface area contributed by atoms with Gasteiger partial charge in [0.05, 0.1) is 12.1 Å². The number of nitrogens with one attached hydrogen (secondary N) is 1. The summed E-state index contributed by atoms with van der Waals surface area (Å²) in [5, 5.41) is 12.5. The maximum absolute atomic E-state index is 11.4. The van der Waals surface area contributed by atoms with Crippen LogP contribution in [0.3, 0.4) is 0 Å². The van der Waals surface area contributed by atoms with Gasteiger partial charge in [0, 0.05) is 20.8 Å². The normalized spacial score (nSPS) is 17.6. The molecule has 0 aliphatic rings. The van der Waals surface area contributed by atoms with Crippen LogP contribution in [-0.2, 0) is 23.9 Å². The van der Waals surface area contributed by atoms with Crippen LogP contribution in [0.2, 0.25) is 0 Å². The molecule has 5 atom stereocenters. The molecule has 7 nitrogen and oxygen atoms in total. The molecule has 0 fully saturated rings. The zero-order chi connectivity index (χ0) is 17.4. The van der Waals surface area contributed by atoms with E-state index in [2.05, 4.69) is 5.32 Å². The van der Waals surface area contributed by atoms with E-state index in [1.807, 2.05) is 13.8 Å². The highest BCUT2D eigenvalue weighted by Crippen LogP contribution is 2.22. The largest absolute Gasteiger partial charge is 0.458 e. The smallest absolute Gasteiger partial charge is 0.303 e. The van der Waals surface area contributed by atoms with Gasteiger partial charge < -0.3 is 19.9 Å². The third-order valence-electron chi connectivity index (χ3n) is 3.38. The predicted molar refractivity (Wildman–Crippen MR) is 79.8 cm³/mol. The molecule has 0 aromatic rings. The highest BCUT2D eigenvalue weighted by Gasteiger charge is 2.40. The molecule has 0 aliphatic carbocycles. The molecule has 128 valence electrons. The predicted octanol–water partition coefficient (Wildman–Crippen LogP) is 0.781. The third kappa shape index (κ3) is 6.89. The summed E-state index contributed by atoms with van der Waals surface area (Å²) in [4.78, 5) is 34.1. The van der Waals surface area contributed by atoms with Crippen molar-refractivity contribution in [2.24, 2.45) is 5.92 Å². The molecule has 1 amide bonds. The van der Waals surface area contributed by atoms with E-state index in [1.54, 1.807) is 0 Å². The quantitative estimate of drug-likeness (QED) is 0.642. The fourth-order valence-electron chi connectivity index (χ4n) is 2.18. The Morgan fingerprint density at radius 1 is 1.00 bits per heavy atom. The molecule has 22 heavy (non-hydrogen) atoms. The lowest BCUT2D eigenvalue weighted by Crippen LogP contribution is -2.57. The second-order valence-electron chi connectivity index (χ2n) is 5.50. The number of esters is 2. The van der Waals surface area contributed by atoms with Gasteiger partial charge in [0.2, 0.25) is 5.91 Å². The molecule has 0 bridgehead atoms. The Morgan fingerprint density at radius 2 is 1.45 bits per heavy atom. The van der Waals surface area contributed by atoms with Gasteiger partial charge in [-0.15, -0.1) is 0 Å². The van der Waals surface area contributed by atoms with Crippen molar-refractivity contribution in [3.05, 3.63) is 0 Å². The Bertz CT molecular complexity index is 395. The first-order valence-electron chi connectivity index (χ1n) is 7.39. The van der Waals surface area contributed by atoms with Crippen LogP contribution in [0.4, 0.5) is 0 Å². The second-order valence-corrected chi connectivity index (χ2v) is 5.50. The number of hydrogen-bond acceptors (Lipinski definition) is 6. The molecule has 0 aromatic carbocycles. The van der Waals surface area contributed by atoms with Crippen LogP contribution in [-0.4, -0.2) is 47.3 Å². The zero-order valence-electron chi connectivity index (χ0n) is 14.1. The average Bonchev–Trinajstić information content (AvgIpc) is 2.38. The van der Waals surface area contributed by atoms with Crippen LogP contribution in [0.5, 0.6) is 0 Å². The van der Waals surface area contributed by atoms with E-state index < -0.39 is 36.3 Å². The molecule has 0 spiro atoms. The van der Waals surface area contributed by atoms with Crippen molar-refractivity contribution in [3.63, 3.8) is 0 Å². The van der Waals surface area contributed by atoms with Crippen LogP contribution in [0.25, 0.3) is 0 Å². The summed E-state index contributed by atoms with van der Waals surface area (Å²) >= 11 is 0. The summed E-state index contributed by atoms with van der Waals surface area (Å²) in [5.41, 5.74) is 0. The lowest BCUT2D eigenvalue weighted by Gasteiger charge is -2.36. The molecule has 0 aliphatic heterocycles. The first kappa shape index (κ1) is 20.4. The third-order valence-corrected chi connectivity index (χ3v) is 3.38. The number of aliphatic hydroxyl groups is 1. The van der Waals surface area contributed by atoms with E-state index in [9.17, 15) is 19.5 Å². The van der Waals surface area contributed by atoms with E-state index in [4.69, 9.17) is 9.47 Å². The summed E-state index contributed by atoms with van der Waals surface area (Å²) in [5.74, 6) is -1.60. The molecular formula is C15H27NO6. The summed E-state index contributed by atoms with van der Waals surface area (Å²) in [6, 6.07) is -0.875. The maximum Gasteiger partial charge on any atom is 0.303 e. The monoisotopic (exact) mass is 317 g/mol. The van der Waals surface area contributed by atoms with E-state index in [1.165, 1.54) is 27.7 Å². The first-order valence-corrected chi connectivity index (χ1v) is 7.39. The van der Waals surface area contributed by atoms with Crippen molar-refractivity contribution < 1.29 is 29.0 Å². The lowest BCUT2D eigenvalue weighted by atomic mass is 9.90. The van der Waals surface area contributed by atoms with Crippen molar-refractivity contribution >= 4 is 17.8 Å². The highest BCUT2D eigenvalue weighted by atomic mass is 16.6. The van der Waals surface area contributed by atoms with Crippen molar-refractivity contribution in [1.82, 2.24) is 5.32 Å². The summed E-state index contributed by atoms with van der Waals surface area (Å²) in [6.07, 6.45) is -2.06. The molecule has 0 radical (unpaired) electrons. The summed E-state index contributed by atoms with van der Waals surface area (Å²) in [6.45, 7) is 9.00. The topological polar surface area (TPSA) is 102 Å². The van der Waals surface area contributed by atoms with Crippen molar-refractivity contribution in [2.45, 2.75) is 72.3 Å². The molecule has 0 saturated carbocycles. The SMILES string of the molecule is CCC(C)C(OC(C)=O)C(OC(C)=O)[C@@H](NC(C)=O)C(C)O. The molecule has 7 heteroatoms. The number of rotatable bonds is 8. The number of hydrogen-bond donors (Lipinski definition) is 2. The van der Waals surface area contributed by atoms with Crippen LogP contribution in [0.15, 0.2) is 0 Å². The minimum absolute atomic E-state index is 0.122. The first-order chi connectivity index (χ1) is 10.1. The zero-order valence-corrected chi connectivity index (χ0v) is 14.1. The molecule has 0 saturated heterocycles. The second kappa shape index (κ2) is 9.40. The molecule has 4 unspecified atom stereocenters. The van der Waals surface area contributed by atoms with Crippen molar-refractivity contribution in [3.8, 4) is 0 Å². The highest BCUT2D eigenvalue weighted by molar-refractivity contribution is 5.73. The Hall–Kier alpha value is -1.63. The number of ether oxygens (including phenoxy) is 2. The van der Waals surface area contributed by atoms with Gasteiger partial charge in [-0.3, -0.25) is 14.4 Å². The Labute approximate surface area is 131 Å². The van der Waals surface area contributed by atoms with Crippen molar-refractivity contribution in [1.29, 1.82) is 0 Å². The molecular weight excluding hydrogens is 290 g/mol. The molecule has 0 rings (SSSR count). The van der Waals surface area contributed by atoms with Crippen LogP contribution >= 0.6 is 0 Å². The molecule has 0 aromatic heterocycles. The van der Waals surface area contributed by atoms with E-state index in [-0.39, 0.29) is 11.8 Å². The molecule has 0 heterocycles. The van der Waals surface area contributed by atoms with Crippen LogP contribution < -0.4 is 5.32 Å². The van der Waals surface area contributed by atoms with Gasteiger partial charge in [0.15, 0.2) is 6.10 Å². The average molecular weight is 317 g/mol. The Balaban J connectivity index is 5.61. The van der Waals surface area contributed by atoms with Crippen molar-refractivity contribution in [2.75, 3.05) is 0 Å². The van der Waals surface area contributed by atoms with E-state index in [0.717, 1.165) is 0 Å². The van der Waals surface area contributed by atoms with Gasteiger partial charge in [-0.25, -0.2) is 0 Å². The van der Waals surface area contributed by atoms with Gasteiger partial charge in [0.25, 0.3) is 0 Å². The summed E-state index contributed by atoms with van der Waals surface area (Å²) in [7, 11) is 0. The minimum atomic E-state index is -0.990. The number of carbonyl (C=O) groups excluding carboxylic acids is 3. The van der Waals surface area contributed by atoms with Gasteiger partial charge in [0.1, 0.15) is 6.10 Å². The van der Waals surface area contributed by atoms with E-state index in [0.29, 0.717) is 6.42 Å². The molecule has 2 N–H and O–H groups in total. The fraction of sp³-hybridized carbons (Fsp3) is 0.800. The van der Waals surface area contributed by atoms with E-state index >= 15 is 0 Å². The number of amides is 1. The van der Waals surface area contributed by atoms with Gasteiger partial charge in [-0.1, -0.05) is 13.8 Å². The lowest BCUT2D eigenvalue weighted by molar-refractivity contribution is -0.175. The Morgan fingerprint density at radius 3 is 1.77 bits per heavy atom. The van der Waals surface area contributed by atoms with Gasteiger partial charge in [-0.05, 0) is 19.3 Å². The fourth-order valence-corrected chi connectivity index (χ4v) is 2.18.